The average Bonchev–Trinajstić information content (AvgIpc) is 3.26. The topological polar surface area (TPSA) is 46.6 Å². The van der Waals surface area contributed by atoms with Crippen LogP contribution in [0.1, 0.15) is 51.7 Å². The van der Waals surface area contributed by atoms with Gasteiger partial charge in [-0.2, -0.15) is 0 Å². The first-order chi connectivity index (χ1) is 16.3. The van der Waals surface area contributed by atoms with Crippen LogP contribution in [0.15, 0.2) is 63.7 Å². The van der Waals surface area contributed by atoms with Gasteiger partial charge in [-0.1, -0.05) is 91.2 Å². The van der Waals surface area contributed by atoms with Crippen LogP contribution in [-0.2, 0) is 14.3 Å². The maximum atomic E-state index is 13.2. The molecule has 0 fully saturated rings. The molecule has 0 unspecified atom stereocenters. The number of carbonyl (C=O) groups excluding carboxylic acids is 2. The van der Waals surface area contributed by atoms with Gasteiger partial charge in [-0.15, -0.1) is 0 Å². The molecule has 0 aliphatic carbocycles. The number of esters is 1. The van der Waals surface area contributed by atoms with Crippen LogP contribution in [0.4, 0.5) is 5.69 Å². The Morgan fingerprint density at radius 1 is 1.00 bits per heavy atom. The fourth-order valence-corrected chi connectivity index (χ4v) is 7.33. The molecule has 4 nitrogen and oxygen atoms in total. The van der Waals surface area contributed by atoms with Crippen LogP contribution >= 0.6 is 35.7 Å². The van der Waals surface area contributed by atoms with Crippen molar-refractivity contribution >= 4 is 68.6 Å². The highest BCUT2D eigenvalue weighted by atomic mass is 32.2. The number of thiocarbonyl (C=S) groups is 1. The van der Waals surface area contributed by atoms with Gasteiger partial charge in [0.05, 0.1) is 26.9 Å². The number of hydrogen-bond acceptors (Lipinski definition) is 6. The number of para-hydroxylation sites is 1. The van der Waals surface area contributed by atoms with Gasteiger partial charge in [-0.25, -0.2) is 4.79 Å². The number of ether oxygens (including phenoxy) is 1. The number of hydrogen-bond donors (Lipinski definition) is 0. The standard InChI is InChI=1S/C27H27NO3S3/c1-5-12-20(29)28-19-16-11-10-15-18(19)21(24(32)27(28,3)4)26-33-22(17-13-8-7-9-14-17)23(34-26)25(30)31-6-2/h7-11,13-16H,5-6,12H2,1-4H3/b26-21+. The molecule has 2 aliphatic heterocycles. The SMILES string of the molecule is CCCC(=O)N1c2ccccc2/C(=C2\SC(C(=O)OCC)=C(c3ccccc3)S2)C(=S)C1(C)C. The third-order valence-electron chi connectivity index (χ3n) is 5.77. The number of benzene rings is 2. The summed E-state index contributed by atoms with van der Waals surface area (Å²) in [5.41, 5.74) is 2.98. The predicted molar refractivity (Wildman–Crippen MR) is 148 cm³/mol. The van der Waals surface area contributed by atoms with Crippen molar-refractivity contribution in [1.29, 1.82) is 0 Å². The summed E-state index contributed by atoms with van der Waals surface area (Å²) in [4.78, 5) is 30.1. The van der Waals surface area contributed by atoms with E-state index in [4.69, 9.17) is 17.0 Å². The van der Waals surface area contributed by atoms with E-state index >= 15 is 0 Å². The Bertz CT molecular complexity index is 1210. The third kappa shape index (κ3) is 4.37. The number of rotatable bonds is 5. The molecule has 0 N–H and O–H groups in total. The molecule has 2 aromatic rings. The number of amides is 1. The van der Waals surface area contributed by atoms with Gasteiger partial charge in [-0.3, -0.25) is 4.79 Å². The second kappa shape index (κ2) is 10.1. The van der Waals surface area contributed by atoms with Crippen molar-refractivity contribution in [3.63, 3.8) is 0 Å². The van der Waals surface area contributed by atoms with Crippen LogP contribution in [0, 0.1) is 0 Å². The molecule has 0 atom stereocenters. The number of fused-ring (bicyclic) bond motifs is 1. The fourth-order valence-electron chi connectivity index (χ4n) is 4.20. The van der Waals surface area contributed by atoms with Crippen LogP contribution in [0.2, 0.25) is 0 Å². The molecule has 2 aliphatic rings. The van der Waals surface area contributed by atoms with Crippen LogP contribution < -0.4 is 4.90 Å². The van der Waals surface area contributed by atoms with E-state index in [-0.39, 0.29) is 11.9 Å². The summed E-state index contributed by atoms with van der Waals surface area (Å²) >= 11 is 9.02. The minimum Gasteiger partial charge on any atom is -0.462 e. The largest absolute Gasteiger partial charge is 0.462 e. The van der Waals surface area contributed by atoms with Crippen LogP contribution in [-0.4, -0.2) is 28.9 Å². The molecule has 0 saturated carbocycles. The zero-order valence-electron chi connectivity index (χ0n) is 19.7. The number of carbonyl (C=O) groups is 2. The summed E-state index contributed by atoms with van der Waals surface area (Å²) in [6, 6.07) is 17.8. The van der Waals surface area contributed by atoms with Crippen molar-refractivity contribution in [1.82, 2.24) is 0 Å². The Morgan fingerprint density at radius 2 is 1.68 bits per heavy atom. The first kappa shape index (κ1) is 24.8. The summed E-state index contributed by atoms with van der Waals surface area (Å²) in [6.45, 7) is 8.13. The van der Waals surface area contributed by atoms with Crippen LogP contribution in [0.3, 0.4) is 0 Å². The Labute approximate surface area is 214 Å². The molecular formula is C27H27NO3S3. The van der Waals surface area contributed by atoms with Gasteiger partial charge in [0.2, 0.25) is 5.91 Å². The Morgan fingerprint density at radius 3 is 2.35 bits per heavy atom. The van der Waals surface area contributed by atoms with Crippen molar-refractivity contribution in [3.05, 3.63) is 74.9 Å². The maximum absolute atomic E-state index is 13.2. The molecule has 176 valence electrons. The lowest BCUT2D eigenvalue weighted by Crippen LogP contribution is -2.55. The average molecular weight is 510 g/mol. The van der Waals surface area contributed by atoms with Crippen molar-refractivity contribution in [2.24, 2.45) is 0 Å². The summed E-state index contributed by atoms with van der Waals surface area (Å²) in [5, 5.41) is 0. The lowest BCUT2D eigenvalue weighted by atomic mass is 9.83. The highest BCUT2D eigenvalue weighted by Gasteiger charge is 2.45. The van der Waals surface area contributed by atoms with E-state index in [1.807, 2.05) is 87.2 Å². The molecule has 2 aromatic carbocycles. The highest BCUT2D eigenvalue weighted by molar-refractivity contribution is 8.32. The van der Waals surface area contributed by atoms with Gasteiger partial charge in [0.1, 0.15) is 4.91 Å². The molecule has 7 heteroatoms. The fraction of sp³-hybridized carbons (Fsp3) is 0.296. The van der Waals surface area contributed by atoms with Crippen molar-refractivity contribution in [2.75, 3.05) is 11.5 Å². The monoisotopic (exact) mass is 509 g/mol. The zero-order valence-corrected chi connectivity index (χ0v) is 22.2. The Kier molecular flexibility index (Phi) is 7.36. The van der Waals surface area contributed by atoms with E-state index in [1.54, 1.807) is 11.8 Å². The molecule has 4 rings (SSSR count). The normalized spacial score (nSPS) is 19.3. The second-order valence-corrected chi connectivity index (χ2v) is 11.2. The number of thioether (sulfide) groups is 2. The maximum Gasteiger partial charge on any atom is 0.346 e. The molecule has 2 heterocycles. The molecular weight excluding hydrogens is 483 g/mol. The molecule has 0 spiro atoms. The number of anilines is 1. The van der Waals surface area contributed by atoms with E-state index in [2.05, 4.69) is 0 Å². The summed E-state index contributed by atoms with van der Waals surface area (Å²) in [7, 11) is 0. The number of nitrogens with zero attached hydrogens (tertiary/aromatic N) is 1. The molecule has 0 saturated heterocycles. The second-order valence-electron chi connectivity index (χ2n) is 8.50. The van der Waals surface area contributed by atoms with Gasteiger partial charge in [-0.05, 0) is 38.8 Å². The van der Waals surface area contributed by atoms with Gasteiger partial charge in [0.25, 0.3) is 0 Å². The molecule has 0 bridgehead atoms. The summed E-state index contributed by atoms with van der Waals surface area (Å²) in [5.74, 6) is -0.267. The van der Waals surface area contributed by atoms with Crippen LogP contribution in [0.5, 0.6) is 0 Å². The van der Waals surface area contributed by atoms with Crippen molar-refractivity contribution in [2.45, 2.75) is 46.1 Å². The van der Waals surface area contributed by atoms with Gasteiger partial charge in [0, 0.05) is 22.5 Å². The van der Waals surface area contributed by atoms with Crippen LogP contribution in [0.25, 0.3) is 10.5 Å². The highest BCUT2D eigenvalue weighted by Crippen LogP contribution is 2.58. The molecule has 1 amide bonds. The quantitative estimate of drug-likeness (QED) is 0.244. The van der Waals surface area contributed by atoms with E-state index in [1.165, 1.54) is 11.8 Å². The predicted octanol–water partition coefficient (Wildman–Crippen LogP) is 7.06. The third-order valence-corrected chi connectivity index (χ3v) is 9.10. The molecule has 0 aromatic heterocycles. The van der Waals surface area contributed by atoms with Gasteiger partial charge >= 0.3 is 5.97 Å². The zero-order chi connectivity index (χ0) is 24.5. The van der Waals surface area contributed by atoms with E-state index < -0.39 is 5.54 Å². The van der Waals surface area contributed by atoms with Crippen molar-refractivity contribution < 1.29 is 14.3 Å². The van der Waals surface area contributed by atoms with E-state index in [0.717, 1.165) is 38.0 Å². The summed E-state index contributed by atoms with van der Waals surface area (Å²) in [6.07, 6.45) is 1.23. The van der Waals surface area contributed by atoms with E-state index in [9.17, 15) is 9.59 Å². The first-order valence-electron chi connectivity index (χ1n) is 11.3. The van der Waals surface area contributed by atoms with Gasteiger partial charge in [0.15, 0.2) is 0 Å². The van der Waals surface area contributed by atoms with Crippen molar-refractivity contribution in [3.8, 4) is 0 Å². The van der Waals surface area contributed by atoms with Gasteiger partial charge < -0.3 is 9.64 Å². The smallest absolute Gasteiger partial charge is 0.346 e. The lowest BCUT2D eigenvalue weighted by Gasteiger charge is -2.45. The molecule has 34 heavy (non-hydrogen) atoms. The summed E-state index contributed by atoms with van der Waals surface area (Å²) < 4.78 is 6.33. The Balaban J connectivity index is 1.88. The van der Waals surface area contributed by atoms with E-state index in [0.29, 0.717) is 22.8 Å². The Hall–Kier alpha value is -2.35. The minimum atomic E-state index is -0.682. The minimum absolute atomic E-state index is 0.0633. The lowest BCUT2D eigenvalue weighted by molar-refractivity contribution is -0.137. The molecule has 0 radical (unpaired) electrons. The first-order valence-corrected chi connectivity index (χ1v) is 13.4.